The van der Waals surface area contributed by atoms with Crippen LogP contribution in [0.5, 0.6) is 5.88 Å². The van der Waals surface area contributed by atoms with Crippen LogP contribution >= 0.6 is 24.1 Å². The Morgan fingerprint density at radius 2 is 2.02 bits per heavy atom. The van der Waals surface area contributed by atoms with Crippen LogP contribution in [0.1, 0.15) is 57.0 Å². The molecular formula is C25H26F3N5O5S2. The Kier molecular flexibility index (Phi) is 12.3. The van der Waals surface area contributed by atoms with Crippen LogP contribution in [0.25, 0.3) is 11.9 Å². The Labute approximate surface area is 237 Å². The first-order chi connectivity index (χ1) is 18.9. The number of nitrogens with zero attached hydrogens (tertiary/aromatic N) is 5. The van der Waals surface area contributed by atoms with Crippen LogP contribution in [0, 0.1) is 18.3 Å². The summed E-state index contributed by atoms with van der Waals surface area (Å²) < 4.78 is 54.3. The molecule has 2 aromatic rings. The van der Waals surface area contributed by atoms with Crippen molar-refractivity contribution in [2.45, 2.75) is 51.0 Å². The highest BCUT2D eigenvalue weighted by Gasteiger charge is 2.34. The third kappa shape index (κ3) is 9.76. The van der Waals surface area contributed by atoms with E-state index in [0.717, 1.165) is 24.0 Å². The van der Waals surface area contributed by atoms with Crippen molar-refractivity contribution < 1.29 is 36.8 Å². The largest absolute Gasteiger partial charge is 0.483 e. The number of carbonyl (C=O) groups is 2. The molecule has 0 saturated heterocycles. The van der Waals surface area contributed by atoms with Gasteiger partial charge in [0, 0.05) is 17.0 Å². The number of hydrogen-bond acceptors (Lipinski definition) is 10. The number of aromatic nitrogens is 3. The van der Waals surface area contributed by atoms with Gasteiger partial charge in [-0.05, 0) is 44.9 Å². The average molecular weight is 598 g/mol. The van der Waals surface area contributed by atoms with Crippen molar-refractivity contribution in [1.82, 2.24) is 19.3 Å². The number of pyridine rings is 1. The van der Waals surface area contributed by atoms with Crippen LogP contribution in [-0.2, 0) is 9.53 Å². The molecule has 2 aromatic heterocycles. The summed E-state index contributed by atoms with van der Waals surface area (Å²) in [4.78, 5) is 36.8. The SMILES string of the molecule is C#CCOc1cnc(/C(F)=C/c2cnc(F)c(C3CC(C)SC(N(SF)C(=O)OC(C)(C)C)=N3)c2)cn1.O=CO. The fraction of sp³-hybridized carbons (Fsp3) is 0.360. The van der Waals surface area contributed by atoms with Gasteiger partial charge in [-0.1, -0.05) is 24.6 Å². The maximum Gasteiger partial charge on any atom is 0.428 e. The second kappa shape index (κ2) is 15.1. The first-order valence-corrected chi connectivity index (χ1v) is 13.0. The maximum absolute atomic E-state index is 14.8. The van der Waals surface area contributed by atoms with E-state index < -0.39 is 29.5 Å². The molecule has 3 rings (SSSR count). The molecule has 1 amide bonds. The van der Waals surface area contributed by atoms with Gasteiger partial charge in [0.2, 0.25) is 11.8 Å². The Morgan fingerprint density at radius 3 is 2.60 bits per heavy atom. The molecule has 0 aromatic carbocycles. The summed E-state index contributed by atoms with van der Waals surface area (Å²) >= 11 is 0.809. The number of amidine groups is 1. The number of carboxylic acid groups (broad SMARTS) is 1. The van der Waals surface area contributed by atoms with Crippen LogP contribution in [0.3, 0.4) is 0 Å². The molecule has 0 spiro atoms. The highest BCUT2D eigenvalue weighted by atomic mass is 32.2. The monoisotopic (exact) mass is 597 g/mol. The first kappa shape index (κ1) is 32.4. The molecule has 2 unspecified atom stereocenters. The van der Waals surface area contributed by atoms with Gasteiger partial charge in [0.25, 0.3) is 6.47 Å². The van der Waals surface area contributed by atoms with Crippen LogP contribution < -0.4 is 4.74 Å². The van der Waals surface area contributed by atoms with Crippen molar-refractivity contribution in [3.05, 3.63) is 47.4 Å². The fourth-order valence-corrected chi connectivity index (χ4v) is 4.55. The van der Waals surface area contributed by atoms with Gasteiger partial charge in [0.1, 0.15) is 11.3 Å². The Balaban J connectivity index is 0.00000178. The highest BCUT2D eigenvalue weighted by molar-refractivity contribution is 8.15. The molecule has 10 nitrogen and oxygen atoms in total. The summed E-state index contributed by atoms with van der Waals surface area (Å²) in [5.41, 5.74) is -0.607. The van der Waals surface area contributed by atoms with Crippen LogP contribution in [0.4, 0.5) is 17.5 Å². The summed E-state index contributed by atoms with van der Waals surface area (Å²) in [6.45, 7) is 6.55. The van der Waals surface area contributed by atoms with Crippen molar-refractivity contribution in [3.8, 4) is 18.2 Å². The van der Waals surface area contributed by atoms with Crippen LogP contribution in [-0.4, -0.2) is 59.6 Å². The molecule has 0 bridgehead atoms. The molecule has 3 heterocycles. The van der Waals surface area contributed by atoms with E-state index in [1.807, 2.05) is 6.92 Å². The zero-order chi connectivity index (χ0) is 29.9. The minimum Gasteiger partial charge on any atom is -0.483 e. The van der Waals surface area contributed by atoms with E-state index in [4.69, 9.17) is 25.8 Å². The van der Waals surface area contributed by atoms with Crippen molar-refractivity contribution >= 4 is 53.7 Å². The van der Waals surface area contributed by atoms with Gasteiger partial charge < -0.3 is 14.6 Å². The van der Waals surface area contributed by atoms with E-state index in [9.17, 15) is 17.5 Å². The average Bonchev–Trinajstić information content (AvgIpc) is 2.88. The molecule has 0 radical (unpaired) electrons. The fourth-order valence-electron chi connectivity index (χ4n) is 3.14. The lowest BCUT2D eigenvalue weighted by atomic mass is 10.0. The number of ether oxygens (including phenoxy) is 2. The minimum atomic E-state index is -0.937. The predicted molar refractivity (Wildman–Crippen MR) is 147 cm³/mol. The van der Waals surface area contributed by atoms with Crippen LogP contribution in [0.15, 0.2) is 29.6 Å². The van der Waals surface area contributed by atoms with E-state index in [1.54, 1.807) is 20.8 Å². The molecule has 1 aliphatic rings. The predicted octanol–water partition coefficient (Wildman–Crippen LogP) is 5.88. The molecule has 0 aliphatic carbocycles. The third-order valence-electron chi connectivity index (χ3n) is 4.65. The Morgan fingerprint density at radius 1 is 1.32 bits per heavy atom. The summed E-state index contributed by atoms with van der Waals surface area (Å²) in [5.74, 6) is 0.879. The molecule has 0 fully saturated rings. The summed E-state index contributed by atoms with van der Waals surface area (Å²) in [7, 11) is 0. The number of terminal acetylenes is 1. The topological polar surface area (TPSA) is 127 Å². The van der Waals surface area contributed by atoms with Gasteiger partial charge in [0.05, 0.1) is 18.4 Å². The Hall–Kier alpha value is -3.77. The number of rotatable bonds is 6. The lowest BCUT2D eigenvalue weighted by molar-refractivity contribution is -0.122. The number of hydrogen-bond donors (Lipinski definition) is 1. The smallest absolute Gasteiger partial charge is 0.428 e. The van der Waals surface area contributed by atoms with Crippen molar-refractivity contribution in [2.75, 3.05) is 6.61 Å². The second-order valence-corrected chi connectivity index (χ2v) is 10.8. The number of amides is 1. The highest BCUT2D eigenvalue weighted by Crippen LogP contribution is 2.38. The van der Waals surface area contributed by atoms with Gasteiger partial charge in [-0.3, -0.25) is 9.79 Å². The summed E-state index contributed by atoms with van der Waals surface area (Å²) in [5, 5.41) is 6.77. The molecular weight excluding hydrogens is 571 g/mol. The standard InChI is InChI=1S/C24H24F3N5O3S2.CH2O2/c1-6-7-34-20-13-28-19(12-29-20)17(25)10-15-9-16(21(26)30-11-15)18-8-14(2)36-22(31-18)32(37-27)23(33)35-24(3,4)5;2-1-3/h1,9-14,18H,7-8H2,2-5H3;1H,(H,2,3)/b17-10-;. The molecule has 40 heavy (non-hydrogen) atoms. The second-order valence-electron chi connectivity index (χ2n) is 8.91. The van der Waals surface area contributed by atoms with Crippen molar-refractivity contribution in [2.24, 2.45) is 4.99 Å². The van der Waals surface area contributed by atoms with E-state index in [1.165, 1.54) is 18.5 Å². The van der Waals surface area contributed by atoms with Gasteiger partial charge in [-0.25, -0.2) is 24.1 Å². The van der Waals surface area contributed by atoms with E-state index in [2.05, 4.69) is 25.9 Å². The quantitative estimate of drug-likeness (QED) is 0.187. The number of aliphatic imine (C=N–C) groups is 1. The van der Waals surface area contributed by atoms with E-state index in [0.29, 0.717) is 10.7 Å². The Bertz CT molecular complexity index is 1280. The third-order valence-corrected chi connectivity index (χ3v) is 6.32. The van der Waals surface area contributed by atoms with Gasteiger partial charge in [0.15, 0.2) is 29.9 Å². The zero-order valence-electron chi connectivity index (χ0n) is 21.9. The maximum atomic E-state index is 14.8. The van der Waals surface area contributed by atoms with Crippen LogP contribution in [0.2, 0.25) is 0 Å². The number of thioether (sulfide) groups is 1. The molecule has 2 atom stereocenters. The lowest BCUT2D eigenvalue weighted by Crippen LogP contribution is -2.36. The minimum absolute atomic E-state index is 0.00158. The zero-order valence-corrected chi connectivity index (χ0v) is 23.5. The number of halogens is 3. The lowest BCUT2D eigenvalue weighted by Gasteiger charge is -2.30. The van der Waals surface area contributed by atoms with E-state index >= 15 is 0 Å². The van der Waals surface area contributed by atoms with Crippen molar-refractivity contribution in [1.29, 1.82) is 0 Å². The summed E-state index contributed by atoms with van der Waals surface area (Å²) in [6, 6.07) is 0.605. The molecule has 0 saturated carbocycles. The molecule has 1 aliphatic heterocycles. The van der Waals surface area contributed by atoms with E-state index in [-0.39, 0.29) is 58.5 Å². The van der Waals surface area contributed by atoms with Gasteiger partial charge in [-0.2, -0.15) is 8.70 Å². The molecule has 15 heteroatoms. The number of carbonyl (C=O) groups excluding carboxylic acids is 1. The first-order valence-electron chi connectivity index (χ1n) is 11.5. The normalized spacial score (nSPS) is 16.9. The molecule has 214 valence electrons. The molecule has 1 N–H and O–H groups in total. The van der Waals surface area contributed by atoms with Crippen molar-refractivity contribution in [3.63, 3.8) is 0 Å². The summed E-state index contributed by atoms with van der Waals surface area (Å²) in [6.07, 6.45) is 9.24. The van der Waals surface area contributed by atoms with Gasteiger partial charge >= 0.3 is 6.09 Å². The van der Waals surface area contributed by atoms with Gasteiger partial charge in [-0.15, -0.1) is 10.3 Å².